The Hall–Kier alpha value is -1.80. The molecule has 2 aromatic rings. The normalized spacial score (nSPS) is 12.0. The van der Waals surface area contributed by atoms with E-state index < -0.39 is 10.0 Å². The van der Waals surface area contributed by atoms with Crippen LogP contribution in [0, 0.1) is 0 Å². The van der Waals surface area contributed by atoms with E-state index in [0.717, 1.165) is 49.9 Å². The van der Waals surface area contributed by atoms with Gasteiger partial charge in [-0.15, -0.1) is 10.2 Å². The van der Waals surface area contributed by atoms with Crippen molar-refractivity contribution < 1.29 is 8.42 Å². The maximum atomic E-state index is 12.1. The summed E-state index contributed by atoms with van der Waals surface area (Å²) in [6.07, 6.45) is 9.38. The van der Waals surface area contributed by atoms with Gasteiger partial charge in [0.25, 0.3) is 0 Å². The number of unbranched alkanes of at least 4 members (excludes halogenated alkanes) is 4. The molecular formula is C19H31N5O2S. The fraction of sp³-hybridized carbons (Fsp3) is 0.632. The lowest BCUT2D eigenvalue weighted by Crippen LogP contribution is -2.30. The van der Waals surface area contributed by atoms with E-state index in [4.69, 9.17) is 0 Å². The second-order valence-corrected chi connectivity index (χ2v) is 8.99. The van der Waals surface area contributed by atoms with Crippen molar-refractivity contribution in [1.29, 1.82) is 0 Å². The van der Waals surface area contributed by atoms with Gasteiger partial charge in [0.1, 0.15) is 0 Å². The maximum Gasteiger partial charge on any atom is 0.211 e. The molecule has 2 rings (SSSR count). The van der Waals surface area contributed by atoms with Crippen LogP contribution in [0.5, 0.6) is 0 Å². The van der Waals surface area contributed by atoms with Gasteiger partial charge in [-0.05, 0) is 36.8 Å². The summed E-state index contributed by atoms with van der Waals surface area (Å²) < 4.78 is 25.8. The highest BCUT2D eigenvalue weighted by Gasteiger charge is 2.16. The van der Waals surface area contributed by atoms with Gasteiger partial charge in [-0.3, -0.25) is 0 Å². The van der Waals surface area contributed by atoms with Crippen LogP contribution in [0.25, 0.3) is 0 Å². The van der Waals surface area contributed by atoms with E-state index in [-0.39, 0.29) is 0 Å². The van der Waals surface area contributed by atoms with Crippen LogP contribution in [0.4, 0.5) is 0 Å². The number of benzene rings is 1. The molecule has 0 amide bonds. The first-order valence-corrected chi connectivity index (χ1v) is 11.6. The fourth-order valence-corrected chi connectivity index (χ4v) is 3.82. The quantitative estimate of drug-likeness (QED) is 0.528. The lowest BCUT2D eigenvalue weighted by Gasteiger charge is -2.20. The Kier molecular flexibility index (Phi) is 8.87. The zero-order valence-corrected chi connectivity index (χ0v) is 17.2. The van der Waals surface area contributed by atoms with Crippen molar-refractivity contribution in [2.24, 2.45) is 0 Å². The SMILES string of the molecule is CCCCc1ccc(CN(CCCCCCc2nn[nH]n2)S(C)(=O)=O)cc1. The number of rotatable bonds is 13. The molecule has 0 saturated heterocycles. The summed E-state index contributed by atoms with van der Waals surface area (Å²) in [6, 6.07) is 8.33. The molecule has 0 atom stereocenters. The van der Waals surface area contributed by atoms with Gasteiger partial charge in [0, 0.05) is 19.5 Å². The Bertz CT molecular complexity index is 745. The van der Waals surface area contributed by atoms with E-state index in [1.807, 2.05) is 12.1 Å². The van der Waals surface area contributed by atoms with E-state index >= 15 is 0 Å². The van der Waals surface area contributed by atoms with Crippen LogP contribution in [0.3, 0.4) is 0 Å². The van der Waals surface area contributed by atoms with E-state index in [1.165, 1.54) is 24.7 Å². The van der Waals surface area contributed by atoms with Gasteiger partial charge in [0.15, 0.2) is 5.82 Å². The number of sulfonamides is 1. The van der Waals surface area contributed by atoms with Crippen molar-refractivity contribution in [3.05, 3.63) is 41.2 Å². The zero-order valence-electron chi connectivity index (χ0n) is 16.4. The smallest absolute Gasteiger partial charge is 0.211 e. The third-order valence-electron chi connectivity index (χ3n) is 4.62. The summed E-state index contributed by atoms with van der Waals surface area (Å²) in [6.45, 7) is 3.18. The second kappa shape index (κ2) is 11.1. The molecule has 1 aromatic heterocycles. The van der Waals surface area contributed by atoms with Crippen molar-refractivity contribution in [3.8, 4) is 0 Å². The average molecular weight is 394 g/mol. The molecule has 0 spiro atoms. The van der Waals surface area contributed by atoms with Crippen LogP contribution in [0.15, 0.2) is 24.3 Å². The van der Waals surface area contributed by atoms with Gasteiger partial charge < -0.3 is 0 Å². The number of tetrazole rings is 1. The lowest BCUT2D eigenvalue weighted by atomic mass is 10.1. The number of aromatic nitrogens is 4. The predicted octanol–water partition coefficient (Wildman–Crippen LogP) is 3.11. The van der Waals surface area contributed by atoms with Crippen LogP contribution in [-0.2, 0) is 29.4 Å². The molecule has 0 saturated carbocycles. The Morgan fingerprint density at radius 2 is 1.67 bits per heavy atom. The van der Waals surface area contributed by atoms with Gasteiger partial charge in [-0.2, -0.15) is 9.52 Å². The van der Waals surface area contributed by atoms with Crippen LogP contribution in [0.1, 0.15) is 62.4 Å². The predicted molar refractivity (Wildman–Crippen MR) is 107 cm³/mol. The van der Waals surface area contributed by atoms with Gasteiger partial charge in [0.2, 0.25) is 10.0 Å². The lowest BCUT2D eigenvalue weighted by molar-refractivity contribution is 0.395. The maximum absolute atomic E-state index is 12.1. The summed E-state index contributed by atoms with van der Waals surface area (Å²) in [5.41, 5.74) is 2.35. The molecule has 0 aliphatic rings. The standard InChI is InChI=1S/C19H31N5O2S/c1-3-4-9-17-11-13-18(14-12-17)16-24(27(2,25)26)15-8-6-5-7-10-19-20-22-23-21-19/h11-14H,3-10,15-16H2,1-2H3,(H,20,21,22,23). The van der Waals surface area contributed by atoms with Crippen molar-refractivity contribution >= 4 is 10.0 Å². The molecule has 0 fully saturated rings. The van der Waals surface area contributed by atoms with E-state index in [2.05, 4.69) is 39.7 Å². The molecule has 1 N–H and O–H groups in total. The van der Waals surface area contributed by atoms with Gasteiger partial charge >= 0.3 is 0 Å². The first-order valence-electron chi connectivity index (χ1n) is 9.74. The molecule has 0 aliphatic heterocycles. The first-order chi connectivity index (χ1) is 13.0. The van der Waals surface area contributed by atoms with Crippen LogP contribution in [0.2, 0.25) is 0 Å². The molecule has 0 aliphatic carbocycles. The van der Waals surface area contributed by atoms with Crippen molar-refractivity contribution in [1.82, 2.24) is 24.9 Å². The summed E-state index contributed by atoms with van der Waals surface area (Å²) in [5, 5.41) is 13.8. The zero-order chi connectivity index (χ0) is 19.5. The molecule has 1 aromatic carbocycles. The molecule has 0 bridgehead atoms. The third-order valence-corrected chi connectivity index (χ3v) is 5.87. The molecule has 0 radical (unpaired) electrons. The topological polar surface area (TPSA) is 91.8 Å². The fourth-order valence-electron chi connectivity index (χ4n) is 2.97. The largest absolute Gasteiger partial charge is 0.212 e. The minimum absolute atomic E-state index is 0.440. The molecule has 7 nitrogen and oxygen atoms in total. The van der Waals surface area contributed by atoms with Crippen molar-refractivity contribution in [2.45, 2.75) is 64.8 Å². The van der Waals surface area contributed by atoms with E-state index in [0.29, 0.717) is 13.1 Å². The molecule has 0 unspecified atom stereocenters. The van der Waals surface area contributed by atoms with E-state index in [9.17, 15) is 8.42 Å². The summed E-state index contributed by atoms with van der Waals surface area (Å²) in [4.78, 5) is 0. The van der Waals surface area contributed by atoms with Gasteiger partial charge in [-0.25, -0.2) is 8.42 Å². The number of hydrogen-bond acceptors (Lipinski definition) is 5. The summed E-state index contributed by atoms with van der Waals surface area (Å²) in [7, 11) is -3.21. The van der Waals surface area contributed by atoms with Crippen LogP contribution >= 0.6 is 0 Å². The first kappa shape index (κ1) is 21.5. The van der Waals surface area contributed by atoms with Gasteiger partial charge in [0.05, 0.1) is 6.26 Å². The number of aromatic amines is 1. The minimum Gasteiger partial charge on any atom is -0.212 e. The third kappa shape index (κ3) is 8.17. The molecule has 150 valence electrons. The van der Waals surface area contributed by atoms with Crippen molar-refractivity contribution in [3.63, 3.8) is 0 Å². The van der Waals surface area contributed by atoms with Crippen LogP contribution < -0.4 is 0 Å². The number of H-pyrrole nitrogens is 1. The highest BCUT2D eigenvalue weighted by atomic mass is 32.2. The second-order valence-electron chi connectivity index (χ2n) is 7.01. The Labute approximate surface area is 162 Å². The molecule has 27 heavy (non-hydrogen) atoms. The molecule has 8 heteroatoms. The highest BCUT2D eigenvalue weighted by molar-refractivity contribution is 7.88. The highest BCUT2D eigenvalue weighted by Crippen LogP contribution is 2.14. The number of aryl methyl sites for hydroxylation is 2. The Balaban J connectivity index is 1.75. The van der Waals surface area contributed by atoms with Gasteiger partial charge in [-0.1, -0.05) is 55.7 Å². The monoisotopic (exact) mass is 393 g/mol. The number of nitrogens with one attached hydrogen (secondary N) is 1. The summed E-state index contributed by atoms with van der Waals surface area (Å²) in [5.74, 6) is 0.732. The summed E-state index contributed by atoms with van der Waals surface area (Å²) >= 11 is 0. The Morgan fingerprint density at radius 1 is 0.963 bits per heavy atom. The van der Waals surface area contributed by atoms with Crippen molar-refractivity contribution in [2.75, 3.05) is 12.8 Å². The average Bonchev–Trinajstić information content (AvgIpc) is 3.15. The van der Waals surface area contributed by atoms with Crippen LogP contribution in [-0.4, -0.2) is 46.1 Å². The molecular weight excluding hydrogens is 362 g/mol. The minimum atomic E-state index is -3.21. The number of nitrogens with zero attached hydrogens (tertiary/aromatic N) is 4. The van der Waals surface area contributed by atoms with E-state index in [1.54, 1.807) is 4.31 Å². The Morgan fingerprint density at radius 3 is 2.30 bits per heavy atom. The molecule has 1 heterocycles. The number of hydrogen-bond donors (Lipinski definition) is 1.